The zero-order valence-electron chi connectivity index (χ0n) is 30.8. The van der Waals surface area contributed by atoms with E-state index in [-0.39, 0.29) is 29.7 Å². The molecule has 2 fully saturated rings. The number of benzene rings is 1. The van der Waals surface area contributed by atoms with Crippen LogP contribution in [0.3, 0.4) is 0 Å². The molecule has 1 aromatic carbocycles. The fourth-order valence-corrected chi connectivity index (χ4v) is 7.39. The minimum absolute atomic E-state index is 0.0265. The number of ether oxygens (including phenoxy) is 5. The van der Waals surface area contributed by atoms with Crippen LogP contribution >= 0.6 is 23.4 Å². The lowest BCUT2D eigenvalue weighted by molar-refractivity contribution is -0.186. The number of rotatable bonds is 9. The standard InChI is InChI=1S/C36H52ClN3O10S/c1-20-11-10-12-27(47-8)36(45)19-26(48-34(44)38-36)21(2)32-35(4,50-32)28(49-33(43)22(3)39(5)29(41)13-14-51-9)18-30(42)40(6)24-16-23(15-20)17-25(46-7)31(24)37/h10-12,16-17,21-22,26-28,32-33,43,45H,13-15,18-19H2,1-9H3,(H,38,44)/b12-10-,20-11+/t21-,22+,26+,27-,28-,32?,33?,35+,36+/m0/s1. The number of methoxy groups -OCH3 is 2. The van der Waals surface area contributed by atoms with Gasteiger partial charge in [0.25, 0.3) is 0 Å². The summed E-state index contributed by atoms with van der Waals surface area (Å²) in [6, 6.07) is 2.86. The van der Waals surface area contributed by atoms with Crippen molar-refractivity contribution in [3.05, 3.63) is 46.5 Å². The Morgan fingerprint density at radius 1 is 1.29 bits per heavy atom. The molecule has 15 heteroatoms. The molecule has 3 N–H and O–H groups in total. The number of aliphatic hydroxyl groups is 2. The summed E-state index contributed by atoms with van der Waals surface area (Å²) in [5.41, 5.74) is -0.756. The first kappa shape index (κ1) is 40.9. The summed E-state index contributed by atoms with van der Waals surface area (Å²) in [5.74, 6) is -0.0102. The van der Waals surface area contributed by atoms with Crippen molar-refractivity contribution in [1.82, 2.24) is 10.2 Å². The molecule has 3 aliphatic heterocycles. The fourth-order valence-electron chi connectivity index (χ4n) is 6.70. The second-order valence-corrected chi connectivity index (χ2v) is 15.2. The Hall–Kier alpha value is -2.85. The number of hydrogen-bond donors (Lipinski definition) is 3. The van der Waals surface area contributed by atoms with Crippen LogP contribution in [-0.2, 0) is 35.0 Å². The molecule has 9 atom stereocenters. The van der Waals surface area contributed by atoms with Crippen LogP contribution in [0.5, 0.6) is 5.75 Å². The van der Waals surface area contributed by atoms with Gasteiger partial charge in [-0.2, -0.15) is 11.8 Å². The van der Waals surface area contributed by atoms with E-state index < -0.39 is 60.1 Å². The molecule has 3 heterocycles. The van der Waals surface area contributed by atoms with Gasteiger partial charge in [-0.25, -0.2) is 4.79 Å². The molecule has 3 amide bonds. The van der Waals surface area contributed by atoms with Crippen LogP contribution in [-0.4, -0.2) is 121 Å². The van der Waals surface area contributed by atoms with Gasteiger partial charge in [-0.05, 0) is 51.1 Å². The second kappa shape index (κ2) is 16.9. The number of nitrogens with one attached hydrogen (secondary N) is 1. The van der Waals surface area contributed by atoms with Gasteiger partial charge in [-0.3, -0.25) is 14.9 Å². The molecule has 51 heavy (non-hydrogen) atoms. The van der Waals surface area contributed by atoms with Crippen LogP contribution < -0.4 is 15.0 Å². The van der Waals surface area contributed by atoms with Crippen molar-refractivity contribution in [1.29, 1.82) is 0 Å². The molecule has 13 nitrogen and oxygen atoms in total. The summed E-state index contributed by atoms with van der Waals surface area (Å²) in [6.07, 6.45) is 2.05. The molecule has 0 radical (unpaired) electrons. The van der Waals surface area contributed by atoms with Crippen molar-refractivity contribution >= 4 is 47.0 Å². The Morgan fingerprint density at radius 2 is 2.00 bits per heavy atom. The summed E-state index contributed by atoms with van der Waals surface area (Å²) in [5, 5.41) is 25.8. The third-order valence-electron chi connectivity index (χ3n) is 10.2. The van der Waals surface area contributed by atoms with E-state index in [1.165, 1.54) is 24.0 Å². The number of fused-ring (bicyclic) bond motifs is 5. The minimum atomic E-state index is -1.80. The molecule has 0 aliphatic carbocycles. The van der Waals surface area contributed by atoms with Gasteiger partial charge in [0, 0.05) is 45.7 Å². The first-order valence-electron chi connectivity index (χ1n) is 17.0. The quantitative estimate of drug-likeness (QED) is 0.247. The van der Waals surface area contributed by atoms with Gasteiger partial charge in [-0.15, -0.1) is 0 Å². The van der Waals surface area contributed by atoms with E-state index in [1.807, 2.05) is 32.2 Å². The van der Waals surface area contributed by atoms with Crippen molar-refractivity contribution in [3.63, 3.8) is 0 Å². The van der Waals surface area contributed by atoms with Gasteiger partial charge < -0.3 is 43.7 Å². The Balaban J connectivity index is 1.76. The molecule has 3 aliphatic rings. The normalized spacial score (nSPS) is 32.7. The van der Waals surface area contributed by atoms with Crippen LogP contribution in [0, 0.1) is 5.92 Å². The van der Waals surface area contributed by atoms with Gasteiger partial charge in [-0.1, -0.05) is 42.3 Å². The smallest absolute Gasteiger partial charge is 0.409 e. The van der Waals surface area contributed by atoms with E-state index in [0.29, 0.717) is 30.0 Å². The Labute approximate surface area is 309 Å². The molecule has 4 bridgehead atoms. The van der Waals surface area contributed by atoms with Gasteiger partial charge in [0.2, 0.25) is 11.8 Å². The monoisotopic (exact) mass is 753 g/mol. The van der Waals surface area contributed by atoms with Gasteiger partial charge in [0.15, 0.2) is 12.0 Å². The maximum Gasteiger partial charge on any atom is 0.409 e. The molecule has 1 aromatic rings. The number of carbonyl (C=O) groups is 3. The zero-order valence-corrected chi connectivity index (χ0v) is 32.4. The highest BCUT2D eigenvalue weighted by Gasteiger charge is 2.64. The zero-order chi connectivity index (χ0) is 37.8. The molecule has 0 saturated carbocycles. The lowest BCUT2D eigenvalue weighted by Crippen LogP contribution is -2.63. The van der Waals surface area contributed by atoms with Crippen molar-refractivity contribution < 1.29 is 48.3 Å². The van der Waals surface area contributed by atoms with E-state index in [4.69, 9.17) is 35.3 Å². The second-order valence-electron chi connectivity index (χ2n) is 13.8. The van der Waals surface area contributed by atoms with E-state index in [9.17, 15) is 24.6 Å². The van der Waals surface area contributed by atoms with Crippen molar-refractivity contribution in [2.75, 3.05) is 45.2 Å². The highest BCUT2D eigenvalue weighted by atomic mass is 35.5. The fraction of sp³-hybridized carbons (Fsp3) is 0.639. The predicted octanol–water partition coefficient (Wildman–Crippen LogP) is 4.06. The minimum Gasteiger partial charge on any atom is -0.495 e. The van der Waals surface area contributed by atoms with Crippen LogP contribution in [0.15, 0.2) is 35.9 Å². The first-order valence-corrected chi connectivity index (χ1v) is 18.7. The Morgan fingerprint density at radius 3 is 2.65 bits per heavy atom. The Bertz CT molecular complexity index is 1510. The van der Waals surface area contributed by atoms with Crippen LogP contribution in [0.4, 0.5) is 10.5 Å². The van der Waals surface area contributed by atoms with E-state index in [1.54, 1.807) is 57.9 Å². The molecular weight excluding hydrogens is 702 g/mol. The highest BCUT2D eigenvalue weighted by Crippen LogP contribution is 2.49. The van der Waals surface area contributed by atoms with Crippen LogP contribution in [0.1, 0.15) is 52.5 Å². The molecule has 0 spiro atoms. The van der Waals surface area contributed by atoms with Gasteiger partial charge in [0.1, 0.15) is 34.7 Å². The summed E-state index contributed by atoms with van der Waals surface area (Å²) in [4.78, 5) is 42.6. The average Bonchev–Trinajstić information content (AvgIpc) is 3.79. The third-order valence-corrected chi connectivity index (χ3v) is 11.2. The maximum atomic E-state index is 14.1. The number of carbonyl (C=O) groups excluding carboxylic acids is 3. The summed E-state index contributed by atoms with van der Waals surface area (Å²) in [6.45, 7) is 7.19. The number of amides is 3. The number of thioether (sulfide) groups is 1. The van der Waals surface area contributed by atoms with Crippen molar-refractivity contribution in [2.45, 2.75) is 101 Å². The lowest BCUT2D eigenvalue weighted by atomic mass is 9.83. The molecular formula is C36H52ClN3O10S. The summed E-state index contributed by atoms with van der Waals surface area (Å²) < 4.78 is 29.4. The number of allylic oxidation sites excluding steroid dienone is 3. The number of anilines is 1. The van der Waals surface area contributed by atoms with E-state index in [0.717, 1.165) is 11.1 Å². The molecule has 2 unspecified atom stereocenters. The number of nitrogens with zero attached hydrogens (tertiary/aromatic N) is 2. The maximum absolute atomic E-state index is 14.1. The molecule has 2 saturated heterocycles. The third kappa shape index (κ3) is 9.21. The lowest BCUT2D eigenvalue weighted by Gasteiger charge is -2.42. The number of aliphatic hydroxyl groups excluding tert-OH is 1. The van der Waals surface area contributed by atoms with Gasteiger partial charge in [0.05, 0.1) is 31.4 Å². The molecule has 4 rings (SSSR count). The van der Waals surface area contributed by atoms with Gasteiger partial charge >= 0.3 is 6.09 Å². The van der Waals surface area contributed by atoms with Crippen LogP contribution in [0.25, 0.3) is 0 Å². The average molecular weight is 754 g/mol. The summed E-state index contributed by atoms with van der Waals surface area (Å²) in [7, 11) is 6.14. The number of likely N-dealkylation sites (N-methyl/N-ethyl adjacent to an activating group) is 1. The highest BCUT2D eigenvalue weighted by molar-refractivity contribution is 7.98. The van der Waals surface area contributed by atoms with Crippen molar-refractivity contribution in [3.8, 4) is 5.75 Å². The topological polar surface area (TPSA) is 160 Å². The summed E-state index contributed by atoms with van der Waals surface area (Å²) >= 11 is 8.30. The molecule has 0 aromatic heterocycles. The number of epoxide rings is 1. The SMILES string of the molecule is COc1cc2cc(c1Cl)N(C)C(=O)C[C@H](OC(O)[C@@H](C)N(C)C(=O)CCSC)[C@@]1(C)OC1[C@@H](C)[C@H]1C[C@](O)(NC(=O)O1)[C@@H](OC)/C=C\C=C(/C)C2. The largest absolute Gasteiger partial charge is 0.495 e. The predicted molar refractivity (Wildman–Crippen MR) is 195 cm³/mol. The number of alkyl carbamates (subject to hydrolysis) is 1. The van der Waals surface area contributed by atoms with Crippen molar-refractivity contribution in [2.24, 2.45) is 5.92 Å². The van der Waals surface area contributed by atoms with Crippen LogP contribution in [0.2, 0.25) is 5.02 Å². The first-order chi connectivity index (χ1) is 24.0. The molecule has 284 valence electrons. The Kier molecular flexibility index (Phi) is 13.5. The van der Waals surface area contributed by atoms with E-state index in [2.05, 4.69) is 5.32 Å². The number of hydrogen-bond acceptors (Lipinski definition) is 11. The van der Waals surface area contributed by atoms with E-state index >= 15 is 0 Å². The number of halogens is 1.